The number of benzene rings is 1. The minimum atomic E-state index is -0.778. The monoisotopic (exact) mass is 255 g/mol. The van der Waals surface area contributed by atoms with Gasteiger partial charge in [-0.05, 0) is 12.1 Å². The highest BCUT2D eigenvalue weighted by Gasteiger charge is 2.13. The molecule has 1 amide bonds. The quantitative estimate of drug-likeness (QED) is 0.673. The highest BCUT2D eigenvalue weighted by atomic mass is 16.5. The molecular formula is C12H17NO5. The number of hydrogen-bond acceptors (Lipinski definition) is 5. The predicted octanol–water partition coefficient (Wildman–Crippen LogP) is 0.138. The first-order valence-electron chi connectivity index (χ1n) is 5.40. The fourth-order valence-corrected chi connectivity index (χ4v) is 1.39. The first-order chi connectivity index (χ1) is 8.58. The van der Waals surface area contributed by atoms with E-state index in [-0.39, 0.29) is 24.5 Å². The molecule has 0 saturated carbocycles. The van der Waals surface area contributed by atoms with Gasteiger partial charge in [-0.1, -0.05) is 0 Å². The summed E-state index contributed by atoms with van der Waals surface area (Å²) >= 11 is 0. The zero-order chi connectivity index (χ0) is 13.5. The number of carbonyl (C=O) groups excluding carboxylic acids is 1. The van der Waals surface area contributed by atoms with Crippen LogP contribution in [0.5, 0.6) is 11.5 Å². The van der Waals surface area contributed by atoms with Crippen molar-refractivity contribution in [1.29, 1.82) is 0 Å². The second-order valence-corrected chi connectivity index (χ2v) is 3.70. The number of phenols is 1. The molecule has 0 aliphatic carbocycles. The van der Waals surface area contributed by atoms with Crippen LogP contribution in [0.25, 0.3) is 0 Å². The van der Waals surface area contributed by atoms with E-state index >= 15 is 0 Å². The molecule has 1 atom stereocenters. The van der Waals surface area contributed by atoms with E-state index in [1.807, 2.05) is 0 Å². The van der Waals surface area contributed by atoms with Gasteiger partial charge in [0.2, 0.25) is 0 Å². The van der Waals surface area contributed by atoms with Gasteiger partial charge in [0.05, 0.1) is 25.4 Å². The SMILES string of the molecule is COCC(O)CNC(=O)c1ccc(OC)cc1O. The van der Waals surface area contributed by atoms with E-state index in [0.717, 1.165) is 0 Å². The Kier molecular flexibility index (Phi) is 5.41. The number of phenolic OH excluding ortho intramolecular Hbond substituents is 1. The van der Waals surface area contributed by atoms with Crippen molar-refractivity contribution >= 4 is 5.91 Å². The predicted molar refractivity (Wildman–Crippen MR) is 64.9 cm³/mol. The average Bonchev–Trinajstić information content (AvgIpc) is 2.36. The molecular weight excluding hydrogens is 238 g/mol. The number of aliphatic hydroxyl groups excluding tert-OH is 1. The van der Waals surface area contributed by atoms with Crippen LogP contribution in [0.2, 0.25) is 0 Å². The van der Waals surface area contributed by atoms with Gasteiger partial charge in [0.25, 0.3) is 5.91 Å². The molecule has 0 bridgehead atoms. The summed E-state index contributed by atoms with van der Waals surface area (Å²) in [5, 5.41) is 21.5. The van der Waals surface area contributed by atoms with Crippen molar-refractivity contribution in [2.75, 3.05) is 27.4 Å². The van der Waals surface area contributed by atoms with Gasteiger partial charge in [0, 0.05) is 19.7 Å². The summed E-state index contributed by atoms with van der Waals surface area (Å²) in [7, 11) is 2.93. The third-order valence-electron chi connectivity index (χ3n) is 2.31. The number of amides is 1. The van der Waals surface area contributed by atoms with Crippen molar-refractivity contribution in [1.82, 2.24) is 5.32 Å². The second kappa shape index (κ2) is 6.83. The van der Waals surface area contributed by atoms with E-state index in [9.17, 15) is 15.0 Å². The maximum absolute atomic E-state index is 11.7. The summed E-state index contributed by atoms with van der Waals surface area (Å²) < 4.78 is 9.64. The van der Waals surface area contributed by atoms with Gasteiger partial charge < -0.3 is 25.0 Å². The van der Waals surface area contributed by atoms with Gasteiger partial charge in [-0.25, -0.2) is 0 Å². The molecule has 3 N–H and O–H groups in total. The highest BCUT2D eigenvalue weighted by Crippen LogP contribution is 2.23. The van der Waals surface area contributed by atoms with Crippen LogP contribution in [0.1, 0.15) is 10.4 Å². The smallest absolute Gasteiger partial charge is 0.255 e. The van der Waals surface area contributed by atoms with Gasteiger partial charge in [0.15, 0.2) is 0 Å². The van der Waals surface area contributed by atoms with Crippen LogP contribution in [0.3, 0.4) is 0 Å². The summed E-state index contributed by atoms with van der Waals surface area (Å²) in [6.45, 7) is 0.188. The Morgan fingerprint density at radius 3 is 2.72 bits per heavy atom. The standard InChI is InChI=1S/C12H17NO5/c1-17-7-8(14)6-13-12(16)10-4-3-9(18-2)5-11(10)15/h3-5,8,14-15H,6-7H2,1-2H3,(H,13,16). The Balaban J connectivity index is 2.61. The molecule has 0 heterocycles. The molecule has 0 spiro atoms. The molecule has 1 rings (SSSR count). The Morgan fingerprint density at radius 2 is 2.17 bits per heavy atom. The number of rotatable bonds is 6. The lowest BCUT2D eigenvalue weighted by Gasteiger charge is -2.11. The molecule has 1 unspecified atom stereocenters. The number of hydrogen-bond donors (Lipinski definition) is 3. The van der Waals surface area contributed by atoms with Crippen LogP contribution < -0.4 is 10.1 Å². The third kappa shape index (κ3) is 3.90. The van der Waals surface area contributed by atoms with E-state index < -0.39 is 12.0 Å². The van der Waals surface area contributed by atoms with Crippen molar-refractivity contribution in [3.05, 3.63) is 23.8 Å². The zero-order valence-electron chi connectivity index (χ0n) is 10.3. The topological polar surface area (TPSA) is 88.0 Å². The number of methoxy groups -OCH3 is 2. The fourth-order valence-electron chi connectivity index (χ4n) is 1.39. The van der Waals surface area contributed by atoms with Crippen LogP contribution in [0, 0.1) is 0 Å². The Morgan fingerprint density at radius 1 is 1.44 bits per heavy atom. The zero-order valence-corrected chi connectivity index (χ0v) is 10.3. The average molecular weight is 255 g/mol. The molecule has 1 aromatic rings. The molecule has 0 aliphatic rings. The van der Waals surface area contributed by atoms with Crippen LogP contribution in [-0.4, -0.2) is 49.6 Å². The summed E-state index contributed by atoms with van der Waals surface area (Å²) in [6.07, 6.45) is -0.778. The maximum Gasteiger partial charge on any atom is 0.255 e. The minimum absolute atomic E-state index is 0.0537. The van der Waals surface area contributed by atoms with E-state index in [4.69, 9.17) is 9.47 Å². The lowest BCUT2D eigenvalue weighted by atomic mass is 10.1. The lowest BCUT2D eigenvalue weighted by Crippen LogP contribution is -2.34. The van der Waals surface area contributed by atoms with Gasteiger partial charge in [-0.3, -0.25) is 4.79 Å². The van der Waals surface area contributed by atoms with Crippen molar-refractivity contribution in [3.63, 3.8) is 0 Å². The molecule has 0 radical (unpaired) electrons. The van der Waals surface area contributed by atoms with Gasteiger partial charge in [-0.2, -0.15) is 0 Å². The van der Waals surface area contributed by atoms with Crippen molar-refractivity contribution in [2.24, 2.45) is 0 Å². The van der Waals surface area contributed by atoms with Crippen LogP contribution in [0.4, 0.5) is 0 Å². The molecule has 0 aromatic heterocycles. The van der Waals surface area contributed by atoms with Crippen LogP contribution in [-0.2, 0) is 4.74 Å². The fraction of sp³-hybridized carbons (Fsp3) is 0.417. The molecule has 6 heteroatoms. The molecule has 1 aromatic carbocycles. The van der Waals surface area contributed by atoms with Gasteiger partial charge >= 0.3 is 0 Å². The van der Waals surface area contributed by atoms with E-state index in [2.05, 4.69) is 5.32 Å². The molecule has 0 aliphatic heterocycles. The van der Waals surface area contributed by atoms with E-state index in [1.54, 1.807) is 6.07 Å². The molecule has 100 valence electrons. The number of carbonyl (C=O) groups is 1. The van der Waals surface area contributed by atoms with Gasteiger partial charge in [-0.15, -0.1) is 0 Å². The van der Waals surface area contributed by atoms with Crippen LogP contribution in [0.15, 0.2) is 18.2 Å². The largest absolute Gasteiger partial charge is 0.507 e. The minimum Gasteiger partial charge on any atom is -0.507 e. The number of aromatic hydroxyl groups is 1. The van der Waals surface area contributed by atoms with Crippen molar-refractivity contribution in [3.8, 4) is 11.5 Å². The number of aliphatic hydroxyl groups is 1. The van der Waals surface area contributed by atoms with Crippen molar-refractivity contribution < 1.29 is 24.5 Å². The molecule has 18 heavy (non-hydrogen) atoms. The van der Waals surface area contributed by atoms with E-state index in [0.29, 0.717) is 5.75 Å². The van der Waals surface area contributed by atoms with Crippen molar-refractivity contribution in [2.45, 2.75) is 6.10 Å². The summed E-state index contributed by atoms with van der Waals surface area (Å²) in [6, 6.07) is 4.37. The first-order valence-corrected chi connectivity index (χ1v) is 5.40. The number of nitrogens with one attached hydrogen (secondary N) is 1. The lowest BCUT2D eigenvalue weighted by molar-refractivity contribution is 0.0609. The third-order valence-corrected chi connectivity index (χ3v) is 2.31. The van der Waals surface area contributed by atoms with E-state index in [1.165, 1.54) is 26.4 Å². The summed E-state index contributed by atoms with van der Waals surface area (Å²) in [5.74, 6) is -0.179. The molecule has 0 saturated heterocycles. The Hall–Kier alpha value is -1.79. The number of ether oxygens (including phenoxy) is 2. The summed E-state index contributed by atoms with van der Waals surface area (Å²) in [5.41, 5.74) is 0.125. The summed E-state index contributed by atoms with van der Waals surface area (Å²) in [4.78, 5) is 11.7. The molecule has 6 nitrogen and oxygen atoms in total. The first kappa shape index (κ1) is 14.3. The van der Waals surface area contributed by atoms with Crippen LogP contribution >= 0.6 is 0 Å². The highest BCUT2D eigenvalue weighted by molar-refractivity contribution is 5.97. The van der Waals surface area contributed by atoms with Gasteiger partial charge in [0.1, 0.15) is 11.5 Å². The Bertz CT molecular complexity index is 407. The molecule has 0 fully saturated rings. The normalized spacial score (nSPS) is 11.9. The Labute approximate surface area is 105 Å². The second-order valence-electron chi connectivity index (χ2n) is 3.70. The maximum atomic E-state index is 11.7.